The number of ether oxygens (including phenoxy) is 1. The number of carbonyl (C=O) groups excluding carboxylic acids is 2. The van der Waals surface area contributed by atoms with E-state index in [2.05, 4.69) is 15.5 Å². The van der Waals surface area contributed by atoms with Crippen molar-refractivity contribution in [3.05, 3.63) is 69.2 Å². The number of β-lactam (4-membered cyclic amide) rings is 1. The molecule has 1 aromatic carbocycles. The van der Waals surface area contributed by atoms with Crippen molar-refractivity contribution in [2.75, 3.05) is 11.5 Å². The molecule has 0 unspecified atom stereocenters. The molecule has 0 radical (unpaired) electrons. The van der Waals surface area contributed by atoms with Gasteiger partial charge in [0.05, 0.1) is 5.02 Å². The van der Waals surface area contributed by atoms with Crippen LogP contribution in [0.2, 0.25) is 5.02 Å². The lowest BCUT2D eigenvalue weighted by atomic mass is 10.0. The zero-order chi connectivity index (χ0) is 26.1. The summed E-state index contributed by atoms with van der Waals surface area (Å²) < 4.78 is 11.9. The monoisotopic (exact) mass is 578 g/mol. The molecule has 1 saturated heterocycles. The number of furan rings is 1. The van der Waals surface area contributed by atoms with Crippen LogP contribution in [0.5, 0.6) is 5.75 Å². The van der Waals surface area contributed by atoms with Gasteiger partial charge in [-0.3, -0.25) is 14.5 Å². The largest absolute Gasteiger partial charge is 0.484 e. The van der Waals surface area contributed by atoms with E-state index in [0.29, 0.717) is 33.6 Å². The topological polar surface area (TPSA) is 135 Å². The quantitative estimate of drug-likeness (QED) is 0.285. The van der Waals surface area contributed by atoms with E-state index >= 15 is 0 Å². The van der Waals surface area contributed by atoms with Gasteiger partial charge in [0.25, 0.3) is 11.8 Å². The first kappa shape index (κ1) is 25.6. The molecular weight excluding hydrogens is 560 g/mol. The number of amides is 2. The fourth-order valence-electron chi connectivity index (χ4n) is 3.78. The highest BCUT2D eigenvalue weighted by Gasteiger charge is 2.54. The molecule has 37 heavy (non-hydrogen) atoms. The Kier molecular flexibility index (Phi) is 7.47. The van der Waals surface area contributed by atoms with Gasteiger partial charge in [0.2, 0.25) is 0 Å². The number of para-hydroxylation sites is 1. The standard InChI is InChI=1S/C23H19ClN4O6S3/c1-11-26-27-23(37-11)36-10-12-9-35-21-17(20(30)28(21)18(12)22(31)32)25-19(29)16-7-6-13(34-16)8-33-15-5-3-2-4-14(15)24/h2-7,17,21H,8-10H2,1H3,(H,25,29)(H,31,32)/t17-,21-/m0/s1. The molecular formula is C23H19ClN4O6S3. The van der Waals surface area contributed by atoms with Gasteiger partial charge in [-0.15, -0.1) is 22.0 Å². The van der Waals surface area contributed by atoms with Crippen molar-refractivity contribution >= 4 is 64.2 Å². The van der Waals surface area contributed by atoms with E-state index in [9.17, 15) is 19.5 Å². The predicted molar refractivity (Wildman–Crippen MR) is 139 cm³/mol. The number of carboxylic acid groups (broad SMARTS) is 1. The minimum atomic E-state index is -1.18. The van der Waals surface area contributed by atoms with Crippen molar-refractivity contribution in [3.63, 3.8) is 0 Å². The second kappa shape index (κ2) is 10.8. The third-order valence-corrected chi connectivity index (χ3v) is 9.22. The number of aliphatic carboxylic acids is 1. The number of halogens is 1. The third kappa shape index (κ3) is 5.35. The molecule has 3 aromatic rings. The van der Waals surface area contributed by atoms with E-state index < -0.39 is 29.2 Å². The van der Waals surface area contributed by atoms with E-state index in [1.165, 1.54) is 45.8 Å². The van der Waals surface area contributed by atoms with Crippen LogP contribution >= 0.6 is 46.5 Å². The number of nitrogens with one attached hydrogen (secondary N) is 1. The average Bonchev–Trinajstić information content (AvgIpc) is 3.53. The van der Waals surface area contributed by atoms with Crippen molar-refractivity contribution in [2.45, 2.75) is 29.3 Å². The van der Waals surface area contributed by atoms with Crippen molar-refractivity contribution in [3.8, 4) is 5.75 Å². The van der Waals surface area contributed by atoms with Crippen molar-refractivity contribution in [1.82, 2.24) is 20.4 Å². The molecule has 2 atom stereocenters. The highest BCUT2D eigenvalue weighted by atomic mass is 35.5. The molecule has 0 aliphatic carbocycles. The van der Waals surface area contributed by atoms with E-state index in [4.69, 9.17) is 20.8 Å². The molecule has 2 aromatic heterocycles. The number of carbonyl (C=O) groups is 3. The molecule has 2 aliphatic heterocycles. The first-order valence-electron chi connectivity index (χ1n) is 10.9. The van der Waals surface area contributed by atoms with Gasteiger partial charge in [0, 0.05) is 11.5 Å². The van der Waals surface area contributed by atoms with Crippen molar-refractivity contribution in [1.29, 1.82) is 0 Å². The van der Waals surface area contributed by atoms with Gasteiger partial charge < -0.3 is 19.6 Å². The lowest BCUT2D eigenvalue weighted by molar-refractivity contribution is -0.148. The van der Waals surface area contributed by atoms with Gasteiger partial charge in [0.1, 0.15) is 40.2 Å². The van der Waals surface area contributed by atoms with Crippen LogP contribution in [0.4, 0.5) is 0 Å². The predicted octanol–water partition coefficient (Wildman–Crippen LogP) is 3.82. The number of aryl methyl sites for hydroxylation is 1. The highest BCUT2D eigenvalue weighted by Crippen LogP contribution is 2.42. The number of rotatable bonds is 9. The lowest BCUT2D eigenvalue weighted by Crippen LogP contribution is -2.70. The van der Waals surface area contributed by atoms with Gasteiger partial charge in [-0.2, -0.15) is 0 Å². The maximum absolute atomic E-state index is 12.9. The summed E-state index contributed by atoms with van der Waals surface area (Å²) >= 11 is 10.3. The Labute approximate surface area is 228 Å². The second-order valence-electron chi connectivity index (χ2n) is 7.98. The Hall–Kier alpha value is -3.00. The van der Waals surface area contributed by atoms with Crippen LogP contribution in [0.3, 0.4) is 0 Å². The molecule has 0 saturated carbocycles. The average molecular weight is 579 g/mol. The molecule has 0 bridgehead atoms. The maximum Gasteiger partial charge on any atom is 0.352 e. The fraction of sp³-hybridized carbons (Fsp3) is 0.261. The molecule has 192 valence electrons. The molecule has 0 spiro atoms. The fourth-order valence-corrected chi connectivity index (χ4v) is 7.27. The number of aromatic nitrogens is 2. The molecule has 14 heteroatoms. The number of fused-ring (bicyclic) bond motifs is 1. The molecule has 2 amide bonds. The zero-order valence-electron chi connectivity index (χ0n) is 19.2. The summed E-state index contributed by atoms with van der Waals surface area (Å²) in [6.07, 6.45) is 0. The van der Waals surface area contributed by atoms with Crippen LogP contribution in [0, 0.1) is 6.92 Å². The maximum atomic E-state index is 12.9. The summed E-state index contributed by atoms with van der Waals surface area (Å²) in [5.74, 6) is -0.533. The minimum absolute atomic E-state index is 0.0169. The summed E-state index contributed by atoms with van der Waals surface area (Å²) in [6, 6.07) is 9.22. The van der Waals surface area contributed by atoms with Crippen LogP contribution < -0.4 is 10.1 Å². The van der Waals surface area contributed by atoms with Gasteiger partial charge >= 0.3 is 5.97 Å². The van der Waals surface area contributed by atoms with E-state index in [1.807, 2.05) is 6.92 Å². The van der Waals surface area contributed by atoms with Crippen LogP contribution in [0.1, 0.15) is 21.3 Å². The highest BCUT2D eigenvalue weighted by molar-refractivity contribution is 8.01. The molecule has 5 rings (SSSR count). The summed E-state index contributed by atoms with van der Waals surface area (Å²) in [4.78, 5) is 38.9. The first-order valence-corrected chi connectivity index (χ1v) is 14.1. The molecule has 4 heterocycles. The molecule has 10 nitrogen and oxygen atoms in total. The smallest absolute Gasteiger partial charge is 0.352 e. The van der Waals surface area contributed by atoms with Crippen molar-refractivity contribution < 1.29 is 28.6 Å². The van der Waals surface area contributed by atoms with Crippen LogP contribution in [-0.4, -0.2) is 60.9 Å². The van der Waals surface area contributed by atoms with Gasteiger partial charge in [-0.1, -0.05) is 46.8 Å². The van der Waals surface area contributed by atoms with Gasteiger partial charge in [-0.25, -0.2) is 4.79 Å². The normalized spacial score (nSPS) is 18.9. The summed E-state index contributed by atoms with van der Waals surface area (Å²) in [5.41, 5.74) is 0.587. The Bertz CT molecular complexity index is 1410. The van der Waals surface area contributed by atoms with Gasteiger partial charge in [-0.05, 0) is 36.8 Å². The van der Waals surface area contributed by atoms with E-state index in [0.717, 1.165) is 9.35 Å². The molecule has 2 aliphatic rings. The number of hydrogen-bond acceptors (Lipinski definition) is 10. The molecule has 1 fully saturated rings. The molecule has 2 N–H and O–H groups in total. The lowest BCUT2D eigenvalue weighted by Gasteiger charge is -2.49. The number of hydrogen-bond donors (Lipinski definition) is 2. The van der Waals surface area contributed by atoms with Crippen LogP contribution in [0.25, 0.3) is 0 Å². The summed E-state index contributed by atoms with van der Waals surface area (Å²) in [6.45, 7) is 1.91. The minimum Gasteiger partial charge on any atom is -0.484 e. The zero-order valence-corrected chi connectivity index (χ0v) is 22.4. The Morgan fingerprint density at radius 2 is 2.11 bits per heavy atom. The summed E-state index contributed by atoms with van der Waals surface area (Å²) in [5, 5.41) is 21.3. The van der Waals surface area contributed by atoms with Gasteiger partial charge in [0.15, 0.2) is 10.1 Å². The van der Waals surface area contributed by atoms with E-state index in [-0.39, 0.29) is 18.1 Å². The second-order valence-corrected chi connectivity index (χ2v) is 11.9. The number of benzene rings is 1. The Morgan fingerprint density at radius 1 is 1.30 bits per heavy atom. The summed E-state index contributed by atoms with van der Waals surface area (Å²) in [7, 11) is 0. The SMILES string of the molecule is Cc1nnc(SCC2=C(C(=O)O)N3C(=O)[C@H](NC(=O)c4ccc(COc5ccccc5Cl)o4)[C@@H]3SC2)s1. The Balaban J connectivity index is 1.21. The van der Waals surface area contributed by atoms with Crippen LogP contribution in [-0.2, 0) is 16.2 Å². The Morgan fingerprint density at radius 3 is 2.84 bits per heavy atom. The number of carboxylic acids is 1. The number of thioether (sulfide) groups is 2. The van der Waals surface area contributed by atoms with E-state index in [1.54, 1.807) is 30.3 Å². The van der Waals surface area contributed by atoms with Crippen molar-refractivity contribution in [2.24, 2.45) is 0 Å². The third-order valence-electron chi connectivity index (χ3n) is 5.51. The number of nitrogens with zero attached hydrogens (tertiary/aromatic N) is 3. The first-order chi connectivity index (χ1) is 17.8. The van der Waals surface area contributed by atoms with Crippen LogP contribution in [0.15, 0.2) is 56.4 Å².